The molecular weight excluding hydrogens is 532 g/mol. The zero-order valence-corrected chi connectivity index (χ0v) is 22.2. The van der Waals surface area contributed by atoms with Crippen LogP contribution in [0.15, 0.2) is 18.2 Å². The monoisotopic (exact) mass is 564 g/mol. The number of aryl methyl sites for hydroxylation is 2. The number of anilines is 1. The van der Waals surface area contributed by atoms with Gasteiger partial charge in [0.2, 0.25) is 0 Å². The number of alkyl halides is 3. The second kappa shape index (κ2) is 11.4. The van der Waals surface area contributed by atoms with Gasteiger partial charge < -0.3 is 26.0 Å². The van der Waals surface area contributed by atoms with Crippen molar-refractivity contribution in [2.24, 2.45) is 11.7 Å². The van der Waals surface area contributed by atoms with Crippen molar-refractivity contribution in [1.29, 1.82) is 0 Å². The van der Waals surface area contributed by atoms with Gasteiger partial charge in [-0.3, -0.25) is 9.59 Å². The van der Waals surface area contributed by atoms with Gasteiger partial charge in [0, 0.05) is 35.6 Å². The lowest BCUT2D eigenvalue weighted by molar-refractivity contribution is -0.192. The topological polar surface area (TPSA) is 129 Å². The minimum Gasteiger partial charge on any atom is -0.475 e. The molecule has 3 aliphatic rings. The van der Waals surface area contributed by atoms with Crippen molar-refractivity contribution in [1.82, 2.24) is 10.3 Å². The molecule has 0 radical (unpaired) electrons. The zero-order chi connectivity index (χ0) is 29.4. The minimum absolute atomic E-state index is 0.00253. The zero-order valence-electron chi connectivity index (χ0n) is 22.2. The summed E-state index contributed by atoms with van der Waals surface area (Å²) in [5, 5.41) is 9.98. The number of amides is 2. The van der Waals surface area contributed by atoms with E-state index in [0.717, 1.165) is 55.5 Å². The molecule has 2 saturated carbocycles. The van der Waals surface area contributed by atoms with Gasteiger partial charge in [0.05, 0.1) is 16.8 Å². The minimum atomic E-state index is -5.08. The highest BCUT2D eigenvalue weighted by Crippen LogP contribution is 2.41. The van der Waals surface area contributed by atoms with Crippen LogP contribution in [-0.4, -0.2) is 52.7 Å². The second-order valence-electron chi connectivity index (χ2n) is 10.7. The summed E-state index contributed by atoms with van der Waals surface area (Å²) in [7, 11) is 0. The molecule has 12 heteroatoms. The number of hydrogen-bond donors (Lipinski definition) is 4. The molecule has 0 unspecified atom stereocenters. The Bertz CT molecular complexity index is 1340. The van der Waals surface area contributed by atoms with Gasteiger partial charge in [0.1, 0.15) is 5.82 Å². The van der Waals surface area contributed by atoms with E-state index in [1.54, 1.807) is 11.0 Å². The first-order valence-electron chi connectivity index (χ1n) is 13.1. The van der Waals surface area contributed by atoms with Gasteiger partial charge in [-0.25, -0.2) is 9.18 Å². The summed E-state index contributed by atoms with van der Waals surface area (Å²) in [6.45, 7) is 4.49. The number of aromatic nitrogens is 1. The molecule has 1 aromatic heterocycles. The molecule has 1 aromatic carbocycles. The van der Waals surface area contributed by atoms with E-state index in [0.29, 0.717) is 29.3 Å². The second-order valence-corrected chi connectivity index (χ2v) is 10.7. The number of hydrogen-bond acceptors (Lipinski definition) is 4. The van der Waals surface area contributed by atoms with Crippen molar-refractivity contribution in [3.8, 4) is 0 Å². The molecule has 1 aliphatic heterocycles. The third-order valence-corrected chi connectivity index (χ3v) is 7.35. The van der Waals surface area contributed by atoms with Crippen LogP contribution in [0, 0.1) is 25.6 Å². The van der Waals surface area contributed by atoms with Gasteiger partial charge >= 0.3 is 12.1 Å². The number of carbonyl (C=O) groups is 3. The predicted octanol–water partition coefficient (Wildman–Crippen LogP) is 4.70. The van der Waals surface area contributed by atoms with Crippen LogP contribution in [0.5, 0.6) is 0 Å². The van der Waals surface area contributed by atoms with E-state index in [1.165, 1.54) is 6.07 Å². The van der Waals surface area contributed by atoms with E-state index >= 15 is 4.39 Å². The standard InChI is InChI=1S/C26H31FN4O2.C2HF3O2/c1-14-9-15(2)29-23(14)11-20-19-10-22(27)21(25(32)30-18-7-8-18)12-24(19)31(26(20)33)13-16-3-5-17(28)6-4-16;3-2(4,5)1(6)7/h9-12,16-18,29H,3-8,13,28H2,1-2H3,(H,30,32);(H,6,7)/b20-11-;. The maximum absolute atomic E-state index is 15.1. The largest absolute Gasteiger partial charge is 0.490 e. The Morgan fingerprint density at radius 3 is 2.27 bits per heavy atom. The molecule has 0 spiro atoms. The maximum atomic E-state index is 15.1. The fourth-order valence-corrected chi connectivity index (χ4v) is 5.03. The Labute approximate surface area is 228 Å². The molecule has 40 heavy (non-hydrogen) atoms. The SMILES string of the molecule is Cc1cc(C)c(/C=C2\C(=O)N(CC3CCC(N)CC3)c3cc(C(=O)NC4CC4)c(F)cc32)[nH]1.O=C(O)C(F)(F)F. The van der Waals surface area contributed by atoms with Crippen LogP contribution in [0.25, 0.3) is 11.6 Å². The summed E-state index contributed by atoms with van der Waals surface area (Å²) in [6, 6.07) is 5.28. The van der Waals surface area contributed by atoms with Gasteiger partial charge in [0.15, 0.2) is 0 Å². The summed E-state index contributed by atoms with van der Waals surface area (Å²) in [4.78, 5) is 40.2. The lowest BCUT2D eigenvalue weighted by Gasteiger charge is -2.30. The van der Waals surface area contributed by atoms with Crippen molar-refractivity contribution in [3.63, 3.8) is 0 Å². The number of fused-ring (bicyclic) bond motifs is 1. The fraction of sp³-hybridized carbons (Fsp3) is 0.464. The number of aromatic amines is 1. The number of rotatable bonds is 5. The average molecular weight is 565 g/mol. The van der Waals surface area contributed by atoms with E-state index < -0.39 is 23.9 Å². The number of H-pyrrole nitrogens is 1. The number of aliphatic carboxylic acids is 1. The summed E-state index contributed by atoms with van der Waals surface area (Å²) in [5.74, 6) is -3.58. The average Bonchev–Trinajstić information content (AvgIpc) is 3.58. The Morgan fingerprint density at radius 1 is 1.12 bits per heavy atom. The lowest BCUT2D eigenvalue weighted by Crippen LogP contribution is -2.36. The Kier molecular flexibility index (Phi) is 8.38. The predicted molar refractivity (Wildman–Crippen MR) is 141 cm³/mol. The highest BCUT2D eigenvalue weighted by Gasteiger charge is 2.38. The fourth-order valence-electron chi connectivity index (χ4n) is 5.03. The molecule has 5 N–H and O–H groups in total. The summed E-state index contributed by atoms with van der Waals surface area (Å²) >= 11 is 0. The van der Waals surface area contributed by atoms with Gasteiger partial charge in [-0.05, 0) is 88.1 Å². The normalized spacial score (nSPS) is 21.6. The van der Waals surface area contributed by atoms with Crippen molar-refractivity contribution >= 4 is 35.1 Å². The molecule has 0 atom stereocenters. The molecule has 5 rings (SSSR count). The highest BCUT2D eigenvalue weighted by atomic mass is 19.4. The lowest BCUT2D eigenvalue weighted by atomic mass is 9.86. The number of carbonyl (C=O) groups excluding carboxylic acids is 2. The molecule has 2 aromatic rings. The van der Waals surface area contributed by atoms with Crippen LogP contribution in [0.4, 0.5) is 23.2 Å². The van der Waals surface area contributed by atoms with Crippen LogP contribution >= 0.6 is 0 Å². The highest BCUT2D eigenvalue weighted by molar-refractivity contribution is 6.36. The summed E-state index contributed by atoms with van der Waals surface area (Å²) in [5.41, 5.74) is 10.5. The third kappa shape index (κ3) is 6.72. The summed E-state index contributed by atoms with van der Waals surface area (Å²) in [6.07, 6.45) is 2.39. The van der Waals surface area contributed by atoms with E-state index in [1.807, 2.05) is 26.0 Å². The number of nitrogens with one attached hydrogen (secondary N) is 2. The smallest absolute Gasteiger partial charge is 0.475 e. The van der Waals surface area contributed by atoms with Crippen LogP contribution in [0.1, 0.15) is 71.4 Å². The van der Waals surface area contributed by atoms with Gasteiger partial charge in [-0.2, -0.15) is 13.2 Å². The molecule has 2 heterocycles. The molecular formula is C28H32F4N4O4. The third-order valence-electron chi connectivity index (χ3n) is 7.35. The van der Waals surface area contributed by atoms with Gasteiger partial charge in [-0.15, -0.1) is 0 Å². The van der Waals surface area contributed by atoms with E-state index in [4.69, 9.17) is 15.6 Å². The van der Waals surface area contributed by atoms with Crippen LogP contribution < -0.4 is 16.0 Å². The first kappa shape index (κ1) is 29.3. The van der Waals surface area contributed by atoms with Crippen LogP contribution in [-0.2, 0) is 9.59 Å². The first-order valence-corrected chi connectivity index (χ1v) is 13.1. The maximum Gasteiger partial charge on any atom is 0.490 e. The van der Waals surface area contributed by atoms with Gasteiger partial charge in [-0.1, -0.05) is 0 Å². The molecule has 2 amide bonds. The molecule has 2 aliphatic carbocycles. The van der Waals surface area contributed by atoms with Crippen LogP contribution in [0.3, 0.4) is 0 Å². The van der Waals surface area contributed by atoms with Gasteiger partial charge in [0.25, 0.3) is 11.8 Å². The number of nitrogens with two attached hydrogens (primary N) is 1. The molecule has 0 saturated heterocycles. The number of benzene rings is 1. The number of halogens is 4. The van der Waals surface area contributed by atoms with Crippen molar-refractivity contribution in [2.75, 3.05) is 11.4 Å². The van der Waals surface area contributed by atoms with E-state index in [2.05, 4.69) is 10.3 Å². The number of carboxylic acid groups (broad SMARTS) is 1. The molecule has 8 nitrogen and oxygen atoms in total. The Morgan fingerprint density at radius 2 is 1.75 bits per heavy atom. The molecule has 2 fully saturated rings. The summed E-state index contributed by atoms with van der Waals surface area (Å²) < 4.78 is 46.8. The Hall–Kier alpha value is -3.67. The Balaban J connectivity index is 0.000000470. The van der Waals surface area contributed by atoms with E-state index in [9.17, 15) is 22.8 Å². The number of nitrogens with zero attached hydrogens (tertiary/aromatic N) is 1. The van der Waals surface area contributed by atoms with Crippen molar-refractivity contribution in [3.05, 3.63) is 52.1 Å². The quantitative estimate of drug-likeness (QED) is 0.309. The number of carboxylic acids is 1. The molecule has 0 bridgehead atoms. The van der Waals surface area contributed by atoms with Crippen molar-refractivity contribution in [2.45, 2.75) is 70.6 Å². The van der Waals surface area contributed by atoms with Crippen molar-refractivity contribution < 1.29 is 37.1 Å². The van der Waals surface area contributed by atoms with E-state index in [-0.39, 0.29) is 23.6 Å². The molecule has 216 valence electrons. The van der Waals surface area contributed by atoms with Crippen LogP contribution in [0.2, 0.25) is 0 Å². The first-order chi connectivity index (χ1) is 18.7.